The maximum atomic E-state index is 11.3. The molecule has 3 nitrogen and oxygen atoms in total. The summed E-state index contributed by atoms with van der Waals surface area (Å²) in [6.07, 6.45) is 1.81. The average molecular weight is 296 g/mol. The molecule has 0 unspecified atom stereocenters. The lowest BCUT2D eigenvalue weighted by Gasteiger charge is -2.06. The van der Waals surface area contributed by atoms with E-state index in [1.807, 2.05) is 18.3 Å². The number of nitrogens with one attached hydrogen (secondary N) is 1. The van der Waals surface area contributed by atoms with E-state index in [-0.39, 0.29) is 5.56 Å². The van der Waals surface area contributed by atoms with Crippen LogP contribution in [0.1, 0.15) is 4.88 Å². The van der Waals surface area contributed by atoms with Crippen molar-refractivity contribution in [3.05, 3.63) is 76.0 Å². The first-order valence-electron chi connectivity index (χ1n) is 6.77. The summed E-state index contributed by atoms with van der Waals surface area (Å²) in [4.78, 5) is 13.9. The van der Waals surface area contributed by atoms with Crippen LogP contribution in [0, 0.1) is 0 Å². The molecule has 0 amide bonds. The van der Waals surface area contributed by atoms with Gasteiger partial charge >= 0.3 is 0 Å². The molecule has 0 saturated heterocycles. The van der Waals surface area contributed by atoms with Crippen LogP contribution in [0.3, 0.4) is 0 Å². The van der Waals surface area contributed by atoms with E-state index in [0.29, 0.717) is 0 Å². The smallest absolute Gasteiger partial charge is 0.250 e. The van der Waals surface area contributed by atoms with E-state index in [9.17, 15) is 4.79 Å². The third-order valence-corrected chi connectivity index (χ3v) is 4.41. The van der Waals surface area contributed by atoms with Crippen LogP contribution in [0.5, 0.6) is 0 Å². The first kappa shape index (κ1) is 13.6. The predicted molar refractivity (Wildman–Crippen MR) is 88.8 cm³/mol. The number of nitrogens with zero attached hydrogens (tertiary/aromatic N) is 1. The third kappa shape index (κ3) is 3.23. The first-order chi connectivity index (χ1) is 10.2. The standard InChI is InChI=1S/C17H16N2OS/c1-19-12-14(7-10-17(19)20)18-11-15-8-9-16(21-15)13-5-3-2-4-6-13/h2-10,12,18H,11H2,1H3. The Hall–Kier alpha value is -2.33. The Kier molecular flexibility index (Phi) is 3.88. The number of pyridine rings is 1. The molecule has 0 spiro atoms. The highest BCUT2D eigenvalue weighted by molar-refractivity contribution is 7.15. The van der Waals surface area contributed by atoms with E-state index in [2.05, 4.69) is 41.7 Å². The van der Waals surface area contributed by atoms with Crippen molar-refractivity contribution < 1.29 is 0 Å². The summed E-state index contributed by atoms with van der Waals surface area (Å²) in [5, 5.41) is 3.34. The zero-order valence-electron chi connectivity index (χ0n) is 11.7. The molecule has 0 aliphatic heterocycles. The monoisotopic (exact) mass is 296 g/mol. The Morgan fingerprint density at radius 2 is 1.86 bits per heavy atom. The predicted octanol–water partition coefficient (Wildman–Crippen LogP) is 3.73. The van der Waals surface area contributed by atoms with Gasteiger partial charge in [0.1, 0.15) is 0 Å². The van der Waals surface area contributed by atoms with Crippen molar-refractivity contribution >= 4 is 17.0 Å². The van der Waals surface area contributed by atoms with Crippen molar-refractivity contribution in [3.63, 3.8) is 0 Å². The zero-order chi connectivity index (χ0) is 14.7. The van der Waals surface area contributed by atoms with Crippen LogP contribution in [0.2, 0.25) is 0 Å². The van der Waals surface area contributed by atoms with Crippen molar-refractivity contribution in [2.24, 2.45) is 7.05 Å². The van der Waals surface area contributed by atoms with E-state index >= 15 is 0 Å². The average Bonchev–Trinajstić information content (AvgIpc) is 2.98. The van der Waals surface area contributed by atoms with Crippen LogP contribution >= 0.6 is 11.3 Å². The van der Waals surface area contributed by atoms with E-state index < -0.39 is 0 Å². The Bertz CT molecular complexity index is 790. The molecule has 4 heteroatoms. The summed E-state index contributed by atoms with van der Waals surface area (Å²) < 4.78 is 1.58. The van der Waals surface area contributed by atoms with Crippen molar-refractivity contribution in [1.82, 2.24) is 4.57 Å². The van der Waals surface area contributed by atoms with Crippen LogP contribution < -0.4 is 10.9 Å². The Balaban J connectivity index is 1.70. The molecule has 0 radical (unpaired) electrons. The summed E-state index contributed by atoms with van der Waals surface area (Å²) in [5.74, 6) is 0. The second-order valence-corrected chi connectivity index (χ2v) is 6.02. The maximum Gasteiger partial charge on any atom is 0.250 e. The van der Waals surface area contributed by atoms with Crippen LogP contribution in [0.15, 0.2) is 65.6 Å². The first-order valence-corrected chi connectivity index (χ1v) is 7.59. The number of hydrogen-bond donors (Lipinski definition) is 1. The van der Waals surface area contributed by atoms with Gasteiger partial charge in [0.05, 0.1) is 5.69 Å². The molecule has 0 bridgehead atoms. The second kappa shape index (κ2) is 5.97. The topological polar surface area (TPSA) is 34.0 Å². The highest BCUT2D eigenvalue weighted by atomic mass is 32.1. The SMILES string of the molecule is Cn1cc(NCc2ccc(-c3ccccc3)s2)ccc1=O. The van der Waals surface area contributed by atoms with E-state index in [4.69, 9.17) is 0 Å². The molecule has 2 aromatic heterocycles. The number of thiophene rings is 1. The summed E-state index contributed by atoms with van der Waals surface area (Å²) in [7, 11) is 1.76. The number of benzene rings is 1. The van der Waals surface area contributed by atoms with Gasteiger partial charge in [-0.25, -0.2) is 0 Å². The van der Waals surface area contributed by atoms with Crippen LogP contribution in [0.4, 0.5) is 5.69 Å². The molecule has 1 N–H and O–H groups in total. The van der Waals surface area contributed by atoms with Crippen LogP contribution in [-0.4, -0.2) is 4.57 Å². The van der Waals surface area contributed by atoms with Gasteiger partial charge in [-0.15, -0.1) is 11.3 Å². The summed E-state index contributed by atoms with van der Waals surface area (Å²) in [5.41, 5.74) is 2.20. The van der Waals surface area contributed by atoms with Gasteiger partial charge in [-0.1, -0.05) is 30.3 Å². The van der Waals surface area contributed by atoms with E-state index in [1.54, 1.807) is 29.0 Å². The Morgan fingerprint density at radius 1 is 1.05 bits per heavy atom. The zero-order valence-corrected chi connectivity index (χ0v) is 12.6. The molecule has 21 heavy (non-hydrogen) atoms. The van der Waals surface area contributed by atoms with Crippen molar-refractivity contribution in [1.29, 1.82) is 0 Å². The Morgan fingerprint density at radius 3 is 2.62 bits per heavy atom. The molecule has 0 atom stereocenters. The van der Waals surface area contributed by atoms with Gasteiger partial charge in [-0.3, -0.25) is 4.79 Å². The fourth-order valence-corrected chi connectivity index (χ4v) is 3.07. The molecule has 3 aromatic rings. The minimum absolute atomic E-state index is 0.00281. The van der Waals surface area contributed by atoms with Gasteiger partial charge in [0.25, 0.3) is 0 Å². The van der Waals surface area contributed by atoms with Gasteiger partial charge in [-0.05, 0) is 23.8 Å². The van der Waals surface area contributed by atoms with Crippen molar-refractivity contribution in [2.45, 2.75) is 6.54 Å². The molecular formula is C17H16N2OS. The number of aromatic nitrogens is 1. The Labute approximate surface area is 127 Å². The lowest BCUT2D eigenvalue weighted by Crippen LogP contribution is -2.15. The molecule has 0 aliphatic rings. The summed E-state index contributed by atoms with van der Waals surface area (Å²) >= 11 is 1.78. The van der Waals surface area contributed by atoms with Crippen LogP contribution in [0.25, 0.3) is 10.4 Å². The lowest BCUT2D eigenvalue weighted by atomic mass is 10.2. The van der Waals surface area contributed by atoms with Gasteiger partial charge in [0, 0.05) is 35.6 Å². The number of rotatable bonds is 4. The molecule has 106 valence electrons. The van der Waals surface area contributed by atoms with Gasteiger partial charge in [0.2, 0.25) is 5.56 Å². The van der Waals surface area contributed by atoms with Crippen LogP contribution in [-0.2, 0) is 13.6 Å². The largest absolute Gasteiger partial charge is 0.379 e. The fourth-order valence-electron chi connectivity index (χ4n) is 2.12. The quantitative estimate of drug-likeness (QED) is 0.796. The van der Waals surface area contributed by atoms with Crippen molar-refractivity contribution in [2.75, 3.05) is 5.32 Å². The molecule has 0 fully saturated rings. The molecule has 2 heterocycles. The summed E-state index contributed by atoms with van der Waals surface area (Å²) in [6, 6.07) is 18.1. The van der Waals surface area contributed by atoms with Gasteiger partial charge in [0.15, 0.2) is 0 Å². The third-order valence-electron chi connectivity index (χ3n) is 3.27. The molecular weight excluding hydrogens is 280 g/mol. The minimum Gasteiger partial charge on any atom is -0.379 e. The highest BCUT2D eigenvalue weighted by Crippen LogP contribution is 2.28. The molecule has 0 saturated carbocycles. The van der Waals surface area contributed by atoms with Crippen molar-refractivity contribution in [3.8, 4) is 10.4 Å². The number of anilines is 1. The second-order valence-electron chi connectivity index (χ2n) is 4.85. The lowest BCUT2D eigenvalue weighted by molar-refractivity contribution is 0.859. The molecule has 0 aliphatic carbocycles. The van der Waals surface area contributed by atoms with E-state index in [0.717, 1.165) is 12.2 Å². The normalized spacial score (nSPS) is 10.5. The summed E-state index contributed by atoms with van der Waals surface area (Å²) in [6.45, 7) is 0.760. The maximum absolute atomic E-state index is 11.3. The van der Waals surface area contributed by atoms with Gasteiger partial charge < -0.3 is 9.88 Å². The van der Waals surface area contributed by atoms with Gasteiger partial charge in [-0.2, -0.15) is 0 Å². The fraction of sp³-hybridized carbons (Fsp3) is 0.118. The molecule has 1 aromatic carbocycles. The highest BCUT2D eigenvalue weighted by Gasteiger charge is 2.02. The number of aryl methyl sites for hydroxylation is 1. The van der Waals surface area contributed by atoms with E-state index in [1.165, 1.54) is 15.3 Å². The molecule has 3 rings (SSSR count). The minimum atomic E-state index is 0.00281. The number of hydrogen-bond acceptors (Lipinski definition) is 3.